The summed E-state index contributed by atoms with van der Waals surface area (Å²) < 4.78 is 5.42. The Morgan fingerprint density at radius 3 is 2.89 bits per heavy atom. The number of hydrogen-bond acceptors (Lipinski definition) is 3. The van der Waals surface area contributed by atoms with E-state index in [1.54, 1.807) is 0 Å². The Kier molecular flexibility index (Phi) is 2.96. The van der Waals surface area contributed by atoms with Gasteiger partial charge in [-0.25, -0.2) is 4.98 Å². The summed E-state index contributed by atoms with van der Waals surface area (Å²) in [6.45, 7) is 7.25. The highest BCUT2D eigenvalue weighted by molar-refractivity contribution is 5.71. The van der Waals surface area contributed by atoms with E-state index in [9.17, 15) is 0 Å². The number of ether oxygens (including phenoxy) is 1. The summed E-state index contributed by atoms with van der Waals surface area (Å²) in [5.41, 5.74) is 2.10. The molecule has 2 heterocycles. The number of nitrogens with one attached hydrogen (secondary N) is 1. The molecule has 4 heteroatoms. The van der Waals surface area contributed by atoms with Gasteiger partial charge in [-0.15, -0.1) is 0 Å². The number of imidazole rings is 1. The molecule has 1 saturated carbocycles. The lowest BCUT2D eigenvalue weighted by atomic mass is 9.81. The molecule has 0 bridgehead atoms. The largest absolute Gasteiger partial charge is 0.478 e. The highest BCUT2D eigenvalue weighted by Crippen LogP contribution is 2.48. The Bertz CT molecular complexity index is 588. The second kappa shape index (κ2) is 4.51. The molecule has 0 aliphatic heterocycles. The lowest BCUT2D eigenvalue weighted by Crippen LogP contribution is -2.16. The molecule has 2 aromatic heterocycles. The third-order valence-corrected chi connectivity index (χ3v) is 4.22. The molecular weight excluding hydrogens is 238 g/mol. The molecule has 0 spiro atoms. The SMILES string of the molecule is CCOc1ccc2[nH]c(C3CCCC3(C)C)nc2n1. The van der Waals surface area contributed by atoms with E-state index < -0.39 is 0 Å². The third kappa shape index (κ3) is 2.20. The van der Waals surface area contributed by atoms with Crippen LogP contribution >= 0.6 is 0 Å². The van der Waals surface area contributed by atoms with Crippen molar-refractivity contribution in [2.75, 3.05) is 6.61 Å². The van der Waals surface area contributed by atoms with Crippen molar-refractivity contribution in [1.29, 1.82) is 0 Å². The molecule has 2 aromatic rings. The zero-order valence-corrected chi connectivity index (χ0v) is 11.9. The van der Waals surface area contributed by atoms with Gasteiger partial charge in [-0.3, -0.25) is 0 Å². The summed E-state index contributed by atoms with van der Waals surface area (Å²) in [6.07, 6.45) is 3.77. The van der Waals surface area contributed by atoms with Gasteiger partial charge in [-0.1, -0.05) is 20.3 Å². The summed E-state index contributed by atoms with van der Waals surface area (Å²) in [7, 11) is 0. The lowest BCUT2D eigenvalue weighted by molar-refractivity contribution is 0.323. The molecule has 1 atom stereocenters. The van der Waals surface area contributed by atoms with Crippen LogP contribution in [0.3, 0.4) is 0 Å². The van der Waals surface area contributed by atoms with Gasteiger partial charge >= 0.3 is 0 Å². The van der Waals surface area contributed by atoms with Gasteiger partial charge in [0.25, 0.3) is 0 Å². The van der Waals surface area contributed by atoms with Crippen LogP contribution in [0.1, 0.15) is 51.8 Å². The molecule has 3 rings (SSSR count). The van der Waals surface area contributed by atoms with Crippen molar-refractivity contribution in [1.82, 2.24) is 15.0 Å². The number of fused-ring (bicyclic) bond motifs is 1. The second-order valence-electron chi connectivity index (χ2n) is 6.01. The van der Waals surface area contributed by atoms with E-state index >= 15 is 0 Å². The minimum Gasteiger partial charge on any atom is -0.478 e. The quantitative estimate of drug-likeness (QED) is 0.915. The molecule has 1 fully saturated rings. The van der Waals surface area contributed by atoms with Crippen LogP contribution < -0.4 is 4.74 Å². The molecule has 1 aliphatic rings. The molecule has 1 N–H and O–H groups in total. The van der Waals surface area contributed by atoms with Crippen molar-refractivity contribution in [3.8, 4) is 5.88 Å². The fraction of sp³-hybridized carbons (Fsp3) is 0.600. The summed E-state index contributed by atoms with van der Waals surface area (Å²) in [4.78, 5) is 12.6. The van der Waals surface area contributed by atoms with Gasteiger partial charge in [0.1, 0.15) is 5.82 Å². The number of nitrogens with zero attached hydrogens (tertiary/aromatic N) is 2. The van der Waals surface area contributed by atoms with E-state index in [0.29, 0.717) is 23.8 Å². The van der Waals surface area contributed by atoms with Crippen molar-refractivity contribution >= 4 is 11.2 Å². The summed E-state index contributed by atoms with van der Waals surface area (Å²) in [5, 5.41) is 0. The van der Waals surface area contributed by atoms with Gasteiger partial charge in [0, 0.05) is 12.0 Å². The predicted octanol–water partition coefficient (Wildman–Crippen LogP) is 3.65. The first kappa shape index (κ1) is 12.5. The maximum Gasteiger partial charge on any atom is 0.215 e. The number of rotatable bonds is 3. The number of hydrogen-bond donors (Lipinski definition) is 1. The molecule has 0 amide bonds. The van der Waals surface area contributed by atoms with Crippen LogP contribution in [0.5, 0.6) is 5.88 Å². The van der Waals surface area contributed by atoms with E-state index in [-0.39, 0.29) is 0 Å². The maximum atomic E-state index is 5.42. The van der Waals surface area contributed by atoms with Crippen LogP contribution in [0.2, 0.25) is 0 Å². The van der Waals surface area contributed by atoms with Gasteiger partial charge in [-0.05, 0) is 31.2 Å². The summed E-state index contributed by atoms with van der Waals surface area (Å²) >= 11 is 0. The monoisotopic (exact) mass is 259 g/mol. The number of aromatic nitrogens is 3. The smallest absolute Gasteiger partial charge is 0.215 e. The Morgan fingerprint density at radius 2 is 2.21 bits per heavy atom. The molecule has 1 aliphatic carbocycles. The number of H-pyrrole nitrogens is 1. The van der Waals surface area contributed by atoms with Gasteiger partial charge in [-0.2, -0.15) is 4.98 Å². The van der Waals surface area contributed by atoms with Crippen LogP contribution in [0, 0.1) is 5.41 Å². The van der Waals surface area contributed by atoms with Crippen molar-refractivity contribution in [2.24, 2.45) is 5.41 Å². The van der Waals surface area contributed by atoms with Crippen LogP contribution in [0.15, 0.2) is 12.1 Å². The average molecular weight is 259 g/mol. The molecule has 0 aromatic carbocycles. The zero-order valence-electron chi connectivity index (χ0n) is 11.9. The van der Waals surface area contributed by atoms with Crippen LogP contribution in [0.25, 0.3) is 11.2 Å². The topological polar surface area (TPSA) is 50.8 Å². The van der Waals surface area contributed by atoms with Gasteiger partial charge < -0.3 is 9.72 Å². The minimum atomic E-state index is 0.330. The fourth-order valence-electron chi connectivity index (χ4n) is 3.12. The first-order valence-electron chi connectivity index (χ1n) is 7.09. The van der Waals surface area contributed by atoms with Crippen LogP contribution in [-0.4, -0.2) is 21.6 Å². The molecule has 4 nitrogen and oxygen atoms in total. The first-order chi connectivity index (χ1) is 9.10. The lowest BCUT2D eigenvalue weighted by Gasteiger charge is -2.24. The van der Waals surface area contributed by atoms with Crippen LogP contribution in [0.4, 0.5) is 0 Å². The van der Waals surface area contributed by atoms with Crippen molar-refractivity contribution in [3.05, 3.63) is 18.0 Å². The van der Waals surface area contributed by atoms with E-state index in [2.05, 4.69) is 28.8 Å². The third-order valence-electron chi connectivity index (χ3n) is 4.22. The second-order valence-corrected chi connectivity index (χ2v) is 6.01. The standard InChI is InChI=1S/C15H21N3O/c1-4-19-12-8-7-11-14(17-12)18-13(16-11)10-6-5-9-15(10,2)3/h7-8,10H,4-6,9H2,1-3H3,(H,16,17,18). The Hall–Kier alpha value is -1.58. The minimum absolute atomic E-state index is 0.330. The molecule has 1 unspecified atom stereocenters. The molecule has 102 valence electrons. The van der Waals surface area contributed by atoms with Crippen molar-refractivity contribution < 1.29 is 4.74 Å². The number of pyridine rings is 1. The molecule has 0 radical (unpaired) electrons. The normalized spacial score (nSPS) is 21.9. The zero-order chi connectivity index (χ0) is 13.5. The number of aromatic amines is 1. The Balaban J connectivity index is 1.97. The molecule has 0 saturated heterocycles. The van der Waals surface area contributed by atoms with Gasteiger partial charge in [0.15, 0.2) is 5.65 Å². The Labute approximate surface area is 113 Å². The van der Waals surface area contributed by atoms with Gasteiger partial charge in [0.05, 0.1) is 12.1 Å². The fourth-order valence-corrected chi connectivity index (χ4v) is 3.12. The Morgan fingerprint density at radius 1 is 1.37 bits per heavy atom. The van der Waals surface area contributed by atoms with Gasteiger partial charge in [0.2, 0.25) is 5.88 Å². The average Bonchev–Trinajstić information content (AvgIpc) is 2.91. The van der Waals surface area contributed by atoms with E-state index in [1.807, 2.05) is 19.1 Å². The molecule has 19 heavy (non-hydrogen) atoms. The highest BCUT2D eigenvalue weighted by Gasteiger charge is 2.37. The maximum absolute atomic E-state index is 5.42. The molecular formula is C15H21N3O. The van der Waals surface area contributed by atoms with E-state index in [4.69, 9.17) is 4.74 Å². The van der Waals surface area contributed by atoms with E-state index in [1.165, 1.54) is 19.3 Å². The summed E-state index contributed by atoms with van der Waals surface area (Å²) in [6, 6.07) is 3.90. The predicted molar refractivity (Wildman–Crippen MR) is 75.4 cm³/mol. The van der Waals surface area contributed by atoms with Crippen LogP contribution in [-0.2, 0) is 0 Å². The first-order valence-corrected chi connectivity index (χ1v) is 7.09. The summed E-state index contributed by atoms with van der Waals surface area (Å²) in [5.74, 6) is 2.25. The highest BCUT2D eigenvalue weighted by atomic mass is 16.5. The van der Waals surface area contributed by atoms with E-state index in [0.717, 1.165) is 17.0 Å². The van der Waals surface area contributed by atoms with Crippen molar-refractivity contribution in [2.45, 2.75) is 46.0 Å². The van der Waals surface area contributed by atoms with Crippen molar-refractivity contribution in [3.63, 3.8) is 0 Å².